The Morgan fingerprint density at radius 3 is 2.60 bits per heavy atom. The van der Waals surface area contributed by atoms with Gasteiger partial charge in [0.2, 0.25) is 5.95 Å². The highest BCUT2D eigenvalue weighted by Crippen LogP contribution is 2.50. The number of carbonyl (C=O) groups excluding carboxylic acids is 1. The molecule has 13 nitrogen and oxygen atoms in total. The fraction of sp³-hybridized carbons (Fsp3) is 0.381. The molecule has 35 heavy (non-hydrogen) atoms. The summed E-state index contributed by atoms with van der Waals surface area (Å²) in [5, 5.41) is 8.11. The molecule has 4 rings (SSSR count). The number of rotatable bonds is 9. The third-order valence-electron chi connectivity index (χ3n) is 5.08. The van der Waals surface area contributed by atoms with Gasteiger partial charge in [-0.05, 0) is 32.1 Å². The van der Waals surface area contributed by atoms with E-state index in [2.05, 4.69) is 20.3 Å². The second kappa shape index (κ2) is 10.5. The summed E-state index contributed by atoms with van der Waals surface area (Å²) in [4.78, 5) is 20.9. The van der Waals surface area contributed by atoms with E-state index in [1.165, 1.54) is 10.5 Å². The molecular weight excluding hydrogens is 477 g/mol. The minimum atomic E-state index is -3.46. The lowest BCUT2D eigenvalue weighted by Crippen LogP contribution is -2.26. The van der Waals surface area contributed by atoms with Crippen LogP contribution in [0.25, 0.3) is 11.2 Å². The van der Waals surface area contributed by atoms with Gasteiger partial charge in [0.05, 0.1) is 24.9 Å². The maximum absolute atomic E-state index is 12.8. The summed E-state index contributed by atoms with van der Waals surface area (Å²) in [6.07, 6.45) is -0.534. The zero-order valence-electron chi connectivity index (χ0n) is 19.2. The molecule has 4 N–H and O–H groups in total. The second-order valence-electron chi connectivity index (χ2n) is 7.50. The molecule has 186 valence electrons. The average Bonchev–Trinajstić information content (AvgIpc) is 3.42. The zero-order chi connectivity index (χ0) is 25.0. The SMILES string of the molecule is CCOP(=O)(C=CC1CC(OC(=O)c2ccccc2)C(n2nnc3c(N)nc(N)nc32)O1)OCC. The summed E-state index contributed by atoms with van der Waals surface area (Å²) in [5.74, 6) is 0.794. The van der Waals surface area contributed by atoms with Crippen LogP contribution in [0, 0.1) is 0 Å². The number of esters is 1. The van der Waals surface area contributed by atoms with E-state index in [9.17, 15) is 9.36 Å². The van der Waals surface area contributed by atoms with E-state index in [1.54, 1.807) is 50.3 Å². The van der Waals surface area contributed by atoms with Crippen LogP contribution in [0.5, 0.6) is 0 Å². The molecule has 0 bridgehead atoms. The van der Waals surface area contributed by atoms with Crippen molar-refractivity contribution in [2.24, 2.45) is 0 Å². The van der Waals surface area contributed by atoms with Gasteiger partial charge in [0.1, 0.15) is 0 Å². The first-order chi connectivity index (χ1) is 16.8. The number of benzene rings is 1. The smallest absolute Gasteiger partial charge is 0.353 e. The number of aromatic nitrogens is 5. The maximum Gasteiger partial charge on any atom is 0.353 e. The maximum atomic E-state index is 12.8. The van der Waals surface area contributed by atoms with Gasteiger partial charge in [0.15, 0.2) is 29.3 Å². The Hall–Kier alpha value is -3.38. The van der Waals surface area contributed by atoms with Gasteiger partial charge >= 0.3 is 13.6 Å². The molecule has 14 heteroatoms. The Morgan fingerprint density at radius 1 is 1.20 bits per heavy atom. The number of anilines is 2. The zero-order valence-corrected chi connectivity index (χ0v) is 20.1. The third-order valence-corrected chi connectivity index (χ3v) is 6.85. The molecule has 1 aliphatic rings. The Labute approximate surface area is 200 Å². The molecule has 1 fully saturated rings. The van der Waals surface area contributed by atoms with Crippen molar-refractivity contribution < 1.29 is 27.9 Å². The van der Waals surface area contributed by atoms with Crippen molar-refractivity contribution in [2.75, 3.05) is 24.7 Å². The molecular formula is C21H26N7O6P. The molecule has 3 unspecified atom stereocenters. The van der Waals surface area contributed by atoms with E-state index >= 15 is 0 Å². The Kier molecular flexibility index (Phi) is 7.41. The van der Waals surface area contributed by atoms with Gasteiger partial charge in [0, 0.05) is 12.2 Å². The van der Waals surface area contributed by atoms with Crippen LogP contribution in [0.3, 0.4) is 0 Å². The fourth-order valence-corrected chi connectivity index (χ4v) is 4.99. The number of ether oxygens (including phenoxy) is 2. The molecule has 1 aromatic carbocycles. The molecule has 3 aromatic rings. The summed E-state index contributed by atoms with van der Waals surface area (Å²) >= 11 is 0. The molecule has 0 spiro atoms. The highest BCUT2D eigenvalue weighted by molar-refractivity contribution is 7.57. The van der Waals surface area contributed by atoms with Crippen LogP contribution in [0.1, 0.15) is 36.9 Å². The number of carbonyl (C=O) groups is 1. The lowest BCUT2D eigenvalue weighted by molar-refractivity contribution is -0.0447. The topological polar surface area (TPSA) is 180 Å². The van der Waals surface area contributed by atoms with Crippen molar-refractivity contribution in [3.05, 3.63) is 47.8 Å². The standard InChI is InChI=1S/C21H26N7O6P/c1-3-31-35(30,32-4-2)11-10-14-12-15(34-20(29)13-8-6-5-7-9-13)19(33-14)28-18-16(26-27-28)17(22)24-21(23)25-18/h5-11,14-15,19H,3-4,12H2,1-2H3,(H4,22,23,24,25). The summed E-state index contributed by atoms with van der Waals surface area (Å²) in [7, 11) is -3.46. The van der Waals surface area contributed by atoms with Crippen molar-refractivity contribution >= 4 is 36.5 Å². The second-order valence-corrected chi connectivity index (χ2v) is 9.39. The molecule has 0 aliphatic carbocycles. The van der Waals surface area contributed by atoms with Crippen LogP contribution in [0.15, 0.2) is 42.2 Å². The number of nitrogens with two attached hydrogens (primary N) is 2. The molecule has 3 atom stereocenters. The average molecular weight is 503 g/mol. The van der Waals surface area contributed by atoms with Crippen LogP contribution < -0.4 is 11.5 Å². The van der Waals surface area contributed by atoms with Gasteiger partial charge in [0.25, 0.3) is 0 Å². The summed E-state index contributed by atoms with van der Waals surface area (Å²) in [5.41, 5.74) is 12.5. The number of hydrogen-bond acceptors (Lipinski definition) is 12. The Bertz CT molecular complexity index is 1260. The van der Waals surface area contributed by atoms with Gasteiger partial charge in [-0.1, -0.05) is 23.4 Å². The van der Waals surface area contributed by atoms with Gasteiger partial charge in [-0.15, -0.1) is 5.10 Å². The number of fused-ring (bicyclic) bond motifs is 1. The van der Waals surface area contributed by atoms with Crippen molar-refractivity contribution in [3.8, 4) is 0 Å². The summed E-state index contributed by atoms with van der Waals surface area (Å²) in [6, 6.07) is 8.55. The van der Waals surface area contributed by atoms with Crippen LogP contribution >= 0.6 is 7.60 Å². The monoisotopic (exact) mass is 503 g/mol. The Morgan fingerprint density at radius 2 is 1.91 bits per heavy atom. The molecule has 0 amide bonds. The number of nitrogens with zero attached hydrogens (tertiary/aromatic N) is 5. The molecule has 1 aliphatic heterocycles. The van der Waals surface area contributed by atoms with Crippen molar-refractivity contribution in [1.82, 2.24) is 25.0 Å². The first kappa shape index (κ1) is 24.7. The number of nitrogen functional groups attached to an aromatic ring is 2. The molecule has 0 saturated carbocycles. The molecule has 2 aromatic heterocycles. The van der Waals surface area contributed by atoms with E-state index in [0.29, 0.717) is 5.56 Å². The minimum Gasteiger partial charge on any atom is -0.454 e. The van der Waals surface area contributed by atoms with E-state index in [1.807, 2.05) is 0 Å². The van der Waals surface area contributed by atoms with E-state index < -0.39 is 32.0 Å². The number of hydrogen-bond donors (Lipinski definition) is 2. The van der Waals surface area contributed by atoms with Crippen molar-refractivity contribution in [3.63, 3.8) is 0 Å². The quantitative estimate of drug-likeness (QED) is 0.322. The lowest BCUT2D eigenvalue weighted by atomic mass is 10.2. The highest BCUT2D eigenvalue weighted by Gasteiger charge is 2.41. The first-order valence-electron chi connectivity index (χ1n) is 11.0. The third kappa shape index (κ3) is 5.49. The fourth-order valence-electron chi connectivity index (χ4n) is 3.62. The minimum absolute atomic E-state index is 0.0559. The molecule has 1 saturated heterocycles. The van der Waals surface area contributed by atoms with Gasteiger partial charge < -0.3 is 30.0 Å². The van der Waals surface area contributed by atoms with E-state index in [4.69, 9.17) is 30.0 Å². The Balaban J connectivity index is 1.65. The van der Waals surface area contributed by atoms with E-state index in [-0.39, 0.29) is 42.6 Å². The van der Waals surface area contributed by atoms with Gasteiger partial charge in [-0.2, -0.15) is 14.6 Å². The van der Waals surface area contributed by atoms with Crippen LogP contribution in [-0.2, 0) is 23.1 Å². The highest BCUT2D eigenvalue weighted by atomic mass is 31.2. The molecule has 0 radical (unpaired) electrons. The van der Waals surface area contributed by atoms with Gasteiger partial charge in [-0.3, -0.25) is 4.57 Å². The lowest BCUT2D eigenvalue weighted by Gasteiger charge is -2.19. The normalized spacial score (nSPS) is 20.6. The summed E-state index contributed by atoms with van der Waals surface area (Å²) < 4.78 is 36.7. The van der Waals surface area contributed by atoms with Crippen LogP contribution in [0.2, 0.25) is 0 Å². The summed E-state index contributed by atoms with van der Waals surface area (Å²) in [6.45, 7) is 3.85. The first-order valence-corrected chi connectivity index (χ1v) is 12.6. The van der Waals surface area contributed by atoms with Crippen molar-refractivity contribution in [1.29, 1.82) is 0 Å². The molecule has 3 heterocycles. The van der Waals surface area contributed by atoms with Crippen LogP contribution in [0.4, 0.5) is 11.8 Å². The van der Waals surface area contributed by atoms with Gasteiger partial charge in [-0.25, -0.2) is 4.79 Å². The van der Waals surface area contributed by atoms with E-state index in [0.717, 1.165) is 0 Å². The predicted molar refractivity (Wildman–Crippen MR) is 126 cm³/mol. The van der Waals surface area contributed by atoms with Crippen LogP contribution in [-0.4, -0.2) is 56.4 Å². The predicted octanol–water partition coefficient (Wildman–Crippen LogP) is 2.68. The largest absolute Gasteiger partial charge is 0.454 e. The van der Waals surface area contributed by atoms with Crippen molar-refractivity contribution in [2.45, 2.75) is 38.7 Å².